The van der Waals surface area contributed by atoms with Crippen LogP contribution >= 0.6 is 0 Å². The Morgan fingerprint density at radius 2 is 1.70 bits per heavy atom. The molecule has 2 aliphatic heterocycles. The predicted molar refractivity (Wildman–Crippen MR) is 188 cm³/mol. The van der Waals surface area contributed by atoms with Crippen molar-refractivity contribution in [3.63, 3.8) is 0 Å². The van der Waals surface area contributed by atoms with Crippen molar-refractivity contribution in [2.24, 2.45) is 0 Å². The Kier molecular flexibility index (Phi) is 8.54. The fourth-order valence-corrected chi connectivity index (χ4v) is 6.88. The highest BCUT2D eigenvalue weighted by atomic mass is 16.5. The summed E-state index contributed by atoms with van der Waals surface area (Å²) in [5, 5.41) is 9.89. The van der Waals surface area contributed by atoms with Crippen LogP contribution in [0.4, 0.5) is 11.6 Å². The number of benzene rings is 2. The summed E-state index contributed by atoms with van der Waals surface area (Å²) >= 11 is 0. The number of carbonyl (C=O) groups is 1. The summed E-state index contributed by atoms with van der Waals surface area (Å²) in [5.74, 6) is 1.80. The number of hydrogen-bond acceptors (Lipinski definition) is 11. The molecular formula is C36H40N10O4. The fourth-order valence-electron chi connectivity index (χ4n) is 6.88. The van der Waals surface area contributed by atoms with E-state index >= 15 is 0 Å². The average molecular weight is 677 g/mol. The van der Waals surface area contributed by atoms with Crippen LogP contribution in [-0.4, -0.2) is 111 Å². The molecule has 14 heteroatoms. The third-order valence-corrected chi connectivity index (χ3v) is 9.71. The fraction of sp³-hybridized carbons (Fsp3) is 0.361. The first-order chi connectivity index (χ1) is 24.5. The number of furan rings is 1. The van der Waals surface area contributed by atoms with Crippen LogP contribution in [0.3, 0.4) is 0 Å². The smallest absolute Gasteiger partial charge is 0.255 e. The van der Waals surface area contributed by atoms with Crippen LogP contribution in [0.5, 0.6) is 5.75 Å². The summed E-state index contributed by atoms with van der Waals surface area (Å²) in [5.41, 5.74) is 8.01. The maximum absolute atomic E-state index is 14.7. The molecule has 8 rings (SSSR count). The van der Waals surface area contributed by atoms with Crippen LogP contribution in [0.25, 0.3) is 28.3 Å². The summed E-state index contributed by atoms with van der Waals surface area (Å²) in [4.78, 5) is 30.7. The number of morpholine rings is 1. The van der Waals surface area contributed by atoms with Gasteiger partial charge < -0.3 is 29.4 Å². The van der Waals surface area contributed by atoms with E-state index in [4.69, 9.17) is 34.7 Å². The molecule has 2 fully saturated rings. The van der Waals surface area contributed by atoms with Gasteiger partial charge in [-0.05, 0) is 55.3 Å². The number of carbonyl (C=O) groups excluding carboxylic acids is 1. The minimum atomic E-state index is -1.21. The number of anilines is 2. The Morgan fingerprint density at radius 1 is 0.920 bits per heavy atom. The quantitative estimate of drug-likeness (QED) is 0.213. The van der Waals surface area contributed by atoms with Gasteiger partial charge in [0.15, 0.2) is 22.6 Å². The normalized spacial score (nSPS) is 17.0. The summed E-state index contributed by atoms with van der Waals surface area (Å²) in [7, 11) is 0. The van der Waals surface area contributed by atoms with E-state index < -0.39 is 5.54 Å². The van der Waals surface area contributed by atoms with Crippen molar-refractivity contribution in [2.45, 2.75) is 18.9 Å². The van der Waals surface area contributed by atoms with Gasteiger partial charge >= 0.3 is 0 Å². The zero-order valence-electron chi connectivity index (χ0n) is 28.0. The van der Waals surface area contributed by atoms with Crippen molar-refractivity contribution in [1.29, 1.82) is 0 Å². The van der Waals surface area contributed by atoms with Crippen LogP contribution in [0.2, 0.25) is 0 Å². The maximum Gasteiger partial charge on any atom is 0.255 e. The molecule has 1 atom stereocenters. The predicted octanol–water partition coefficient (Wildman–Crippen LogP) is 3.53. The number of nitrogen functional groups attached to an aromatic ring is 1. The molecule has 258 valence electrons. The van der Waals surface area contributed by atoms with Crippen LogP contribution < -0.4 is 15.4 Å². The minimum absolute atomic E-state index is 0.0767. The third kappa shape index (κ3) is 5.90. The van der Waals surface area contributed by atoms with Crippen LogP contribution in [-0.2, 0) is 15.1 Å². The molecular weight excluding hydrogens is 636 g/mol. The van der Waals surface area contributed by atoms with E-state index in [1.807, 2.05) is 54.3 Å². The second kappa shape index (κ2) is 13.4. The van der Waals surface area contributed by atoms with Gasteiger partial charge in [0.25, 0.3) is 5.91 Å². The first kappa shape index (κ1) is 31.8. The zero-order valence-corrected chi connectivity index (χ0v) is 28.0. The Balaban J connectivity index is 0.989. The highest BCUT2D eigenvalue weighted by Gasteiger charge is 2.43. The molecule has 2 saturated heterocycles. The van der Waals surface area contributed by atoms with Gasteiger partial charge in [-0.2, -0.15) is 14.6 Å². The van der Waals surface area contributed by atoms with Gasteiger partial charge in [-0.3, -0.25) is 9.69 Å². The molecule has 14 nitrogen and oxygen atoms in total. The Labute approximate surface area is 289 Å². The molecule has 0 bridgehead atoms. The summed E-state index contributed by atoms with van der Waals surface area (Å²) in [6.45, 7) is 9.70. The van der Waals surface area contributed by atoms with Gasteiger partial charge in [0.2, 0.25) is 11.8 Å². The lowest BCUT2D eigenvalue weighted by molar-refractivity contribution is -0.138. The minimum Gasteiger partial charge on any atom is -0.494 e. The topological polar surface area (TPSA) is 145 Å². The monoisotopic (exact) mass is 676 g/mol. The first-order valence-electron chi connectivity index (χ1n) is 17.1. The van der Waals surface area contributed by atoms with Crippen LogP contribution in [0, 0.1) is 0 Å². The largest absolute Gasteiger partial charge is 0.494 e. The number of hydrogen-bond donors (Lipinski definition) is 1. The van der Waals surface area contributed by atoms with Crippen LogP contribution in [0.15, 0.2) is 83.6 Å². The molecule has 0 radical (unpaired) electrons. The lowest BCUT2D eigenvalue weighted by Crippen LogP contribution is -2.56. The molecule has 6 heterocycles. The van der Waals surface area contributed by atoms with Crippen molar-refractivity contribution in [2.75, 3.05) is 76.3 Å². The van der Waals surface area contributed by atoms with E-state index in [1.54, 1.807) is 29.3 Å². The second-order valence-corrected chi connectivity index (χ2v) is 12.8. The number of rotatable bonds is 10. The molecule has 0 spiro atoms. The van der Waals surface area contributed by atoms with E-state index in [1.165, 1.54) is 4.52 Å². The zero-order chi connectivity index (χ0) is 34.1. The number of ether oxygens (including phenoxy) is 2. The highest BCUT2D eigenvalue weighted by molar-refractivity contribution is 5.94. The highest BCUT2D eigenvalue weighted by Crippen LogP contribution is 2.34. The number of aromatic nitrogens is 6. The van der Waals surface area contributed by atoms with Gasteiger partial charge in [-0.25, -0.2) is 9.67 Å². The van der Waals surface area contributed by atoms with Crippen LogP contribution in [0.1, 0.15) is 18.9 Å². The number of piperazine rings is 1. The molecule has 2 aliphatic rings. The molecule has 6 aromatic rings. The standard InChI is InChI=1S/C36H40N10O4/c1-36(26-7-3-2-4-8-26,46-33-29(25-38-46)32-39-31(30-9-5-21-50-30)41-45(32)35(37)40-33)34(47)44-17-15-43(16-18-44)27-10-12-28(13-11-27)49-22-6-14-42-19-23-48-24-20-42/h2-5,7-13,21,25H,6,14-20,22-24H2,1H3,(H2,37,40)/t36-/m0/s1. The van der Waals surface area contributed by atoms with Gasteiger partial charge in [0.1, 0.15) is 5.75 Å². The molecule has 0 aliphatic carbocycles. The van der Waals surface area contributed by atoms with E-state index in [9.17, 15) is 4.79 Å². The van der Waals surface area contributed by atoms with E-state index in [0.717, 1.165) is 56.3 Å². The molecule has 0 unspecified atom stereocenters. The van der Waals surface area contributed by atoms with Crippen molar-refractivity contribution < 1.29 is 18.7 Å². The number of fused-ring (bicyclic) bond motifs is 3. The van der Waals surface area contributed by atoms with E-state index in [-0.39, 0.29) is 11.9 Å². The molecule has 2 N–H and O–H groups in total. The van der Waals surface area contributed by atoms with Crippen molar-refractivity contribution in [1.82, 2.24) is 39.2 Å². The van der Waals surface area contributed by atoms with E-state index in [0.29, 0.717) is 61.1 Å². The molecule has 1 amide bonds. The molecule has 50 heavy (non-hydrogen) atoms. The van der Waals surface area contributed by atoms with Crippen molar-refractivity contribution in [3.8, 4) is 17.3 Å². The summed E-state index contributed by atoms with van der Waals surface area (Å²) in [6.07, 6.45) is 4.21. The average Bonchev–Trinajstić information content (AvgIpc) is 3.95. The Hall–Kier alpha value is -5.47. The molecule has 0 saturated carbocycles. The lowest BCUT2D eigenvalue weighted by Gasteiger charge is -2.40. The van der Waals surface area contributed by atoms with Crippen molar-refractivity contribution in [3.05, 3.63) is 84.8 Å². The Bertz CT molecular complexity index is 2070. The van der Waals surface area contributed by atoms with Gasteiger partial charge in [0.05, 0.1) is 37.7 Å². The summed E-state index contributed by atoms with van der Waals surface area (Å²) < 4.78 is 20.1. The number of nitrogens with zero attached hydrogens (tertiary/aromatic N) is 9. The summed E-state index contributed by atoms with van der Waals surface area (Å²) in [6, 6.07) is 21.5. The number of amides is 1. The maximum atomic E-state index is 14.7. The third-order valence-electron chi connectivity index (χ3n) is 9.71. The Morgan fingerprint density at radius 3 is 2.44 bits per heavy atom. The lowest BCUT2D eigenvalue weighted by atomic mass is 9.90. The molecule has 4 aromatic heterocycles. The van der Waals surface area contributed by atoms with Crippen molar-refractivity contribution >= 4 is 34.2 Å². The van der Waals surface area contributed by atoms with Gasteiger partial charge in [0, 0.05) is 51.5 Å². The first-order valence-corrected chi connectivity index (χ1v) is 17.1. The van der Waals surface area contributed by atoms with E-state index in [2.05, 4.69) is 27.0 Å². The molecule has 2 aromatic carbocycles. The van der Waals surface area contributed by atoms with Gasteiger partial charge in [-0.15, -0.1) is 5.10 Å². The van der Waals surface area contributed by atoms with Gasteiger partial charge in [-0.1, -0.05) is 30.3 Å². The second-order valence-electron chi connectivity index (χ2n) is 12.8. The SMILES string of the molecule is C[C@@](C(=O)N1CCN(c2ccc(OCCCN3CCOCC3)cc2)CC1)(c1ccccc1)n1ncc2c1nc(N)n1nc(-c3ccco3)nc21. The number of nitrogens with two attached hydrogens (primary N) is 1.